The highest BCUT2D eigenvalue weighted by atomic mass is 35.5. The molecular weight excluding hydrogens is 602 g/mol. The first-order chi connectivity index (χ1) is 21.9. The Balaban J connectivity index is 1.63. The van der Waals surface area contributed by atoms with Crippen molar-refractivity contribution in [2.45, 2.75) is 76.8 Å². The number of anilines is 1. The summed E-state index contributed by atoms with van der Waals surface area (Å²) in [7, 11) is 0. The van der Waals surface area contributed by atoms with Gasteiger partial charge in [-0.05, 0) is 56.2 Å². The Morgan fingerprint density at radius 3 is 2.39 bits per heavy atom. The van der Waals surface area contributed by atoms with Gasteiger partial charge in [0.05, 0.1) is 40.8 Å². The fourth-order valence-corrected chi connectivity index (χ4v) is 8.48. The normalized spacial score (nSPS) is 27.1. The monoisotopic (exact) mass is 647 g/mol. The van der Waals surface area contributed by atoms with Crippen molar-refractivity contribution < 1.29 is 24.2 Å². The van der Waals surface area contributed by atoms with Gasteiger partial charge in [0, 0.05) is 19.6 Å². The SMILES string of the molecule is C=CCN(Cc1ccccc1)C(=O)[C@H]1[C@H]2C(=O)N([C@@H](CO)CC(C)C)C(C(=O)N(CC=C)c3c(C)cccc3Cl)C23CC[C@]1(C)O3. The molecule has 2 unspecified atom stereocenters. The van der Waals surface area contributed by atoms with Gasteiger partial charge in [-0.25, -0.2) is 0 Å². The number of halogens is 1. The van der Waals surface area contributed by atoms with Crippen molar-refractivity contribution in [2.75, 3.05) is 24.6 Å². The van der Waals surface area contributed by atoms with E-state index in [0.29, 0.717) is 43.1 Å². The zero-order valence-corrected chi connectivity index (χ0v) is 28.1. The molecule has 9 heteroatoms. The lowest BCUT2D eigenvalue weighted by molar-refractivity contribution is -0.152. The van der Waals surface area contributed by atoms with E-state index in [1.807, 2.05) is 70.2 Å². The smallest absolute Gasteiger partial charge is 0.253 e. The number of para-hydroxylation sites is 1. The summed E-state index contributed by atoms with van der Waals surface area (Å²) in [4.78, 5) is 49.3. The van der Waals surface area contributed by atoms with Crippen LogP contribution >= 0.6 is 11.6 Å². The number of rotatable bonds is 13. The summed E-state index contributed by atoms with van der Waals surface area (Å²) in [6, 6.07) is 13.4. The molecule has 0 saturated carbocycles. The molecule has 2 bridgehead atoms. The molecule has 3 aliphatic heterocycles. The summed E-state index contributed by atoms with van der Waals surface area (Å²) in [6.45, 7) is 16.1. The zero-order chi connectivity index (χ0) is 33.4. The second-order valence-electron chi connectivity index (χ2n) is 13.6. The summed E-state index contributed by atoms with van der Waals surface area (Å²) in [5.74, 6) is -2.46. The highest BCUT2D eigenvalue weighted by Gasteiger charge is 2.79. The summed E-state index contributed by atoms with van der Waals surface area (Å²) in [5.41, 5.74) is 0.0910. The summed E-state index contributed by atoms with van der Waals surface area (Å²) in [5, 5.41) is 11.1. The van der Waals surface area contributed by atoms with E-state index < -0.39 is 35.1 Å². The number of aliphatic hydroxyl groups excluding tert-OH is 1. The molecule has 1 N–H and O–H groups in total. The lowest BCUT2D eigenvalue weighted by Crippen LogP contribution is -2.59. The lowest BCUT2D eigenvalue weighted by atomic mass is 9.66. The second-order valence-corrected chi connectivity index (χ2v) is 14.0. The van der Waals surface area contributed by atoms with Gasteiger partial charge in [-0.15, -0.1) is 13.2 Å². The first-order valence-corrected chi connectivity index (χ1v) is 16.6. The van der Waals surface area contributed by atoms with Gasteiger partial charge in [-0.2, -0.15) is 0 Å². The number of hydrogen-bond donors (Lipinski definition) is 1. The van der Waals surface area contributed by atoms with Gasteiger partial charge in [0.15, 0.2) is 0 Å². The molecule has 8 nitrogen and oxygen atoms in total. The summed E-state index contributed by atoms with van der Waals surface area (Å²) in [6.07, 6.45) is 4.74. The van der Waals surface area contributed by atoms with Crippen molar-refractivity contribution >= 4 is 35.0 Å². The molecule has 3 aliphatic rings. The molecular formula is C37H46ClN3O5. The van der Waals surface area contributed by atoms with Crippen LogP contribution in [0.4, 0.5) is 5.69 Å². The van der Waals surface area contributed by atoms with Crippen molar-refractivity contribution in [2.24, 2.45) is 17.8 Å². The van der Waals surface area contributed by atoms with Crippen LogP contribution in [0.5, 0.6) is 0 Å². The van der Waals surface area contributed by atoms with Gasteiger partial charge in [-0.1, -0.05) is 80.1 Å². The maximum atomic E-state index is 15.0. The van der Waals surface area contributed by atoms with Gasteiger partial charge in [0.1, 0.15) is 11.6 Å². The largest absolute Gasteiger partial charge is 0.394 e. The van der Waals surface area contributed by atoms with E-state index in [1.54, 1.807) is 32.9 Å². The third kappa shape index (κ3) is 5.69. The maximum absolute atomic E-state index is 15.0. The Bertz CT molecular complexity index is 1480. The molecule has 3 saturated heterocycles. The minimum Gasteiger partial charge on any atom is -0.394 e. The number of nitrogens with zero attached hydrogens (tertiary/aromatic N) is 3. The number of likely N-dealkylation sites (tertiary alicyclic amines) is 1. The molecule has 2 aromatic rings. The predicted octanol–water partition coefficient (Wildman–Crippen LogP) is 5.55. The van der Waals surface area contributed by atoms with Crippen LogP contribution in [0, 0.1) is 24.7 Å². The van der Waals surface area contributed by atoms with E-state index >= 15 is 4.79 Å². The highest BCUT2D eigenvalue weighted by molar-refractivity contribution is 6.34. The van der Waals surface area contributed by atoms with Gasteiger partial charge in [-0.3, -0.25) is 14.4 Å². The third-order valence-corrected chi connectivity index (χ3v) is 10.3. The van der Waals surface area contributed by atoms with Crippen molar-refractivity contribution in [3.63, 3.8) is 0 Å². The van der Waals surface area contributed by atoms with Crippen molar-refractivity contribution in [1.82, 2.24) is 9.80 Å². The number of benzene rings is 2. The molecule has 0 aliphatic carbocycles. The van der Waals surface area contributed by atoms with Gasteiger partial charge >= 0.3 is 0 Å². The average molecular weight is 648 g/mol. The van der Waals surface area contributed by atoms with Crippen LogP contribution < -0.4 is 4.90 Å². The molecule has 0 radical (unpaired) electrons. The predicted molar refractivity (Wildman–Crippen MR) is 180 cm³/mol. The fraction of sp³-hybridized carbons (Fsp3) is 0.486. The highest BCUT2D eigenvalue weighted by Crippen LogP contribution is 2.64. The molecule has 0 aromatic heterocycles. The van der Waals surface area contributed by atoms with Crippen LogP contribution in [0.2, 0.25) is 5.02 Å². The van der Waals surface area contributed by atoms with Gasteiger partial charge in [0.2, 0.25) is 11.8 Å². The summed E-state index contributed by atoms with van der Waals surface area (Å²) >= 11 is 6.70. The first kappa shape index (κ1) is 33.9. The number of aliphatic hydroxyl groups is 1. The van der Waals surface area contributed by atoms with Crippen LogP contribution in [0.3, 0.4) is 0 Å². The number of carbonyl (C=O) groups is 3. The molecule has 3 heterocycles. The van der Waals surface area contributed by atoms with E-state index in [1.165, 1.54) is 0 Å². The summed E-state index contributed by atoms with van der Waals surface area (Å²) < 4.78 is 6.92. The molecule has 3 amide bonds. The third-order valence-electron chi connectivity index (χ3n) is 9.98. The van der Waals surface area contributed by atoms with Crippen LogP contribution in [0.15, 0.2) is 73.8 Å². The Labute approximate surface area is 277 Å². The Kier molecular flexibility index (Phi) is 9.83. The Morgan fingerprint density at radius 2 is 1.78 bits per heavy atom. The fourth-order valence-electron chi connectivity index (χ4n) is 8.15. The molecule has 46 heavy (non-hydrogen) atoms. The van der Waals surface area contributed by atoms with Crippen LogP contribution in [0.1, 0.15) is 51.2 Å². The van der Waals surface area contributed by atoms with Crippen molar-refractivity contribution in [3.05, 3.63) is 90.0 Å². The van der Waals surface area contributed by atoms with E-state index in [2.05, 4.69) is 13.2 Å². The standard InChI is InChI=1S/C37H46ClN3O5/c1-7-19-39(22-26-14-10-9-11-15-26)33(43)29-30-34(44)41(27(23-42)21-24(3)4)32(37(30)18-17-36(29,6)46-37)35(45)40(20-8-2)31-25(5)13-12-16-28(31)38/h7-16,24,27,29-30,32,42H,1-2,17-23H2,3-6H3/t27-,29-,30+,32?,36+,37?/m1/s1. The minimum absolute atomic E-state index is 0.134. The quantitative estimate of drug-likeness (QED) is 0.288. The Hall–Kier alpha value is -3.46. The Morgan fingerprint density at radius 1 is 1.09 bits per heavy atom. The zero-order valence-electron chi connectivity index (χ0n) is 27.3. The number of carbonyl (C=O) groups excluding carboxylic acids is 3. The van der Waals surface area contributed by atoms with Crippen LogP contribution in [0.25, 0.3) is 0 Å². The van der Waals surface area contributed by atoms with Crippen LogP contribution in [-0.4, -0.2) is 75.6 Å². The van der Waals surface area contributed by atoms with Crippen molar-refractivity contribution in [3.8, 4) is 0 Å². The molecule has 2 aromatic carbocycles. The van der Waals surface area contributed by atoms with E-state index in [0.717, 1.165) is 11.1 Å². The first-order valence-electron chi connectivity index (χ1n) is 16.2. The molecule has 246 valence electrons. The topological polar surface area (TPSA) is 90.4 Å². The van der Waals surface area contributed by atoms with E-state index in [-0.39, 0.29) is 36.8 Å². The number of amides is 3. The average Bonchev–Trinajstić information content (AvgIpc) is 3.59. The van der Waals surface area contributed by atoms with Crippen LogP contribution in [-0.2, 0) is 25.7 Å². The number of aryl methyl sites for hydroxylation is 1. The minimum atomic E-state index is -1.26. The molecule has 5 rings (SSSR count). The van der Waals surface area contributed by atoms with Gasteiger partial charge in [0.25, 0.3) is 5.91 Å². The van der Waals surface area contributed by atoms with E-state index in [4.69, 9.17) is 16.3 Å². The second kappa shape index (κ2) is 13.3. The molecule has 3 fully saturated rings. The number of hydrogen-bond acceptors (Lipinski definition) is 5. The van der Waals surface area contributed by atoms with Crippen molar-refractivity contribution in [1.29, 1.82) is 0 Å². The number of fused-ring (bicyclic) bond motifs is 1. The van der Waals surface area contributed by atoms with Gasteiger partial charge < -0.3 is 24.5 Å². The van der Waals surface area contributed by atoms with E-state index in [9.17, 15) is 14.7 Å². The molecule has 6 atom stereocenters. The lowest BCUT2D eigenvalue weighted by Gasteiger charge is -2.40. The maximum Gasteiger partial charge on any atom is 0.253 e. The number of ether oxygens (including phenoxy) is 1. The molecule has 1 spiro atoms.